The van der Waals surface area contributed by atoms with Gasteiger partial charge in [0, 0.05) is 23.8 Å². The molecule has 4 rings (SSSR count). The number of anilines is 1. The van der Waals surface area contributed by atoms with Crippen LogP contribution in [0.25, 0.3) is 0 Å². The SMILES string of the molecule is CC[C@@H](C(=O)NCc1ccc2c(c1)N(C(=O)c1ccccc1)[C@H](C)C2)c1ccccc1. The normalized spacial score (nSPS) is 15.9. The van der Waals surface area contributed by atoms with Crippen molar-refractivity contribution in [1.29, 1.82) is 0 Å². The molecular weight excluding hydrogens is 384 g/mol. The summed E-state index contributed by atoms with van der Waals surface area (Å²) in [6.45, 7) is 4.55. The van der Waals surface area contributed by atoms with Gasteiger partial charge in [0.15, 0.2) is 0 Å². The average molecular weight is 413 g/mol. The van der Waals surface area contributed by atoms with Crippen molar-refractivity contribution in [3.63, 3.8) is 0 Å². The van der Waals surface area contributed by atoms with E-state index in [4.69, 9.17) is 0 Å². The fraction of sp³-hybridized carbons (Fsp3) is 0.259. The Bertz CT molecular complexity index is 1060. The first kappa shape index (κ1) is 20.9. The molecule has 0 radical (unpaired) electrons. The zero-order valence-electron chi connectivity index (χ0n) is 18.0. The van der Waals surface area contributed by atoms with Crippen LogP contribution in [0.15, 0.2) is 78.9 Å². The smallest absolute Gasteiger partial charge is 0.258 e. The number of fused-ring (bicyclic) bond motifs is 1. The van der Waals surface area contributed by atoms with Crippen LogP contribution in [0.2, 0.25) is 0 Å². The summed E-state index contributed by atoms with van der Waals surface area (Å²) >= 11 is 0. The maximum absolute atomic E-state index is 13.1. The fourth-order valence-electron chi connectivity index (χ4n) is 4.36. The van der Waals surface area contributed by atoms with Gasteiger partial charge in [-0.3, -0.25) is 9.59 Å². The number of carbonyl (C=O) groups excluding carboxylic acids is 2. The lowest BCUT2D eigenvalue weighted by Crippen LogP contribution is -2.35. The van der Waals surface area contributed by atoms with Gasteiger partial charge in [-0.05, 0) is 54.7 Å². The number of nitrogens with one attached hydrogen (secondary N) is 1. The van der Waals surface area contributed by atoms with Gasteiger partial charge in [-0.1, -0.05) is 67.6 Å². The quantitative estimate of drug-likeness (QED) is 0.613. The first-order chi connectivity index (χ1) is 15.1. The van der Waals surface area contributed by atoms with E-state index >= 15 is 0 Å². The van der Waals surface area contributed by atoms with E-state index in [-0.39, 0.29) is 23.8 Å². The summed E-state index contributed by atoms with van der Waals surface area (Å²) in [5.74, 6) is -0.116. The number of benzene rings is 3. The number of hydrogen-bond donors (Lipinski definition) is 1. The van der Waals surface area contributed by atoms with Gasteiger partial charge in [0.25, 0.3) is 5.91 Å². The van der Waals surface area contributed by atoms with Gasteiger partial charge in [-0.2, -0.15) is 0 Å². The van der Waals surface area contributed by atoms with E-state index in [0.29, 0.717) is 12.1 Å². The zero-order chi connectivity index (χ0) is 21.8. The van der Waals surface area contributed by atoms with E-state index in [9.17, 15) is 9.59 Å². The van der Waals surface area contributed by atoms with Crippen molar-refractivity contribution in [2.75, 3.05) is 4.90 Å². The monoisotopic (exact) mass is 412 g/mol. The Labute approximate surface area is 183 Å². The standard InChI is InChI=1S/C27H28N2O2/c1-3-24(21-10-6-4-7-11-21)26(30)28-18-20-14-15-23-16-19(2)29(25(23)17-20)27(31)22-12-8-5-9-13-22/h4-15,17,19,24H,3,16,18H2,1-2H3,(H,28,30)/t19-,24-/m1/s1. The molecule has 3 aromatic carbocycles. The minimum absolute atomic E-state index is 0.0168. The van der Waals surface area contributed by atoms with Gasteiger partial charge in [0.1, 0.15) is 0 Å². The summed E-state index contributed by atoms with van der Waals surface area (Å²) in [4.78, 5) is 27.8. The van der Waals surface area contributed by atoms with Crippen LogP contribution in [0, 0.1) is 0 Å². The van der Waals surface area contributed by atoms with E-state index < -0.39 is 0 Å². The third kappa shape index (κ3) is 4.38. The van der Waals surface area contributed by atoms with Crippen LogP contribution in [0.3, 0.4) is 0 Å². The predicted molar refractivity (Wildman–Crippen MR) is 124 cm³/mol. The van der Waals surface area contributed by atoms with Crippen LogP contribution in [-0.4, -0.2) is 17.9 Å². The highest BCUT2D eigenvalue weighted by molar-refractivity contribution is 6.07. The third-order valence-corrected chi connectivity index (χ3v) is 6.00. The fourth-order valence-corrected chi connectivity index (χ4v) is 4.36. The molecule has 2 atom stereocenters. The number of hydrogen-bond acceptors (Lipinski definition) is 2. The molecule has 0 aromatic heterocycles. The number of carbonyl (C=O) groups is 2. The zero-order valence-corrected chi connectivity index (χ0v) is 18.0. The van der Waals surface area contributed by atoms with E-state index in [1.165, 1.54) is 5.56 Å². The van der Waals surface area contributed by atoms with Crippen LogP contribution in [0.1, 0.15) is 53.2 Å². The van der Waals surface area contributed by atoms with Gasteiger partial charge < -0.3 is 10.2 Å². The minimum atomic E-state index is -0.160. The van der Waals surface area contributed by atoms with E-state index in [1.54, 1.807) is 0 Å². The Balaban J connectivity index is 1.50. The Morgan fingerprint density at radius 1 is 1.00 bits per heavy atom. The molecule has 0 spiro atoms. The lowest BCUT2D eigenvalue weighted by molar-refractivity contribution is -0.122. The molecule has 1 N–H and O–H groups in total. The van der Waals surface area contributed by atoms with Gasteiger partial charge in [0.05, 0.1) is 5.92 Å². The topological polar surface area (TPSA) is 49.4 Å². The second-order valence-electron chi connectivity index (χ2n) is 8.15. The molecule has 1 aliphatic heterocycles. The highest BCUT2D eigenvalue weighted by atomic mass is 16.2. The molecule has 3 aromatic rings. The van der Waals surface area contributed by atoms with Crippen LogP contribution >= 0.6 is 0 Å². The molecule has 0 fully saturated rings. The Kier molecular flexibility index (Phi) is 6.17. The maximum atomic E-state index is 13.1. The van der Waals surface area contributed by atoms with Crippen molar-refractivity contribution in [3.8, 4) is 0 Å². The van der Waals surface area contributed by atoms with Gasteiger partial charge >= 0.3 is 0 Å². The predicted octanol–water partition coefficient (Wildman–Crippen LogP) is 5.09. The number of rotatable bonds is 6. The van der Waals surface area contributed by atoms with Gasteiger partial charge in [-0.15, -0.1) is 0 Å². The van der Waals surface area contributed by atoms with E-state index in [1.807, 2.05) is 84.6 Å². The molecule has 0 unspecified atom stereocenters. The molecule has 0 saturated heterocycles. The molecular formula is C27H28N2O2. The Morgan fingerprint density at radius 3 is 2.35 bits per heavy atom. The van der Waals surface area contributed by atoms with Crippen LogP contribution in [-0.2, 0) is 17.8 Å². The average Bonchev–Trinajstić information content (AvgIpc) is 3.14. The van der Waals surface area contributed by atoms with Crippen molar-refractivity contribution >= 4 is 17.5 Å². The second-order valence-corrected chi connectivity index (χ2v) is 8.15. The number of nitrogens with zero attached hydrogens (tertiary/aromatic N) is 1. The minimum Gasteiger partial charge on any atom is -0.351 e. The second kappa shape index (κ2) is 9.17. The molecule has 4 heteroatoms. The summed E-state index contributed by atoms with van der Waals surface area (Å²) in [7, 11) is 0. The molecule has 4 nitrogen and oxygen atoms in total. The molecule has 0 bridgehead atoms. The maximum Gasteiger partial charge on any atom is 0.258 e. The van der Waals surface area contributed by atoms with Gasteiger partial charge in [-0.25, -0.2) is 0 Å². The van der Waals surface area contributed by atoms with Crippen molar-refractivity contribution < 1.29 is 9.59 Å². The highest BCUT2D eigenvalue weighted by Crippen LogP contribution is 2.34. The summed E-state index contributed by atoms with van der Waals surface area (Å²) in [6, 6.07) is 25.6. The first-order valence-electron chi connectivity index (χ1n) is 10.9. The lowest BCUT2D eigenvalue weighted by atomic mass is 9.95. The molecule has 0 aliphatic carbocycles. The molecule has 0 saturated carbocycles. The molecule has 2 amide bonds. The first-order valence-corrected chi connectivity index (χ1v) is 10.9. The Hall–Kier alpha value is -3.40. The summed E-state index contributed by atoms with van der Waals surface area (Å²) in [6.07, 6.45) is 1.59. The summed E-state index contributed by atoms with van der Waals surface area (Å²) in [5.41, 5.74) is 4.83. The molecule has 31 heavy (non-hydrogen) atoms. The Morgan fingerprint density at radius 2 is 1.68 bits per heavy atom. The molecule has 158 valence electrons. The largest absolute Gasteiger partial charge is 0.351 e. The summed E-state index contributed by atoms with van der Waals surface area (Å²) in [5, 5.41) is 3.08. The van der Waals surface area contributed by atoms with Crippen LogP contribution in [0.5, 0.6) is 0 Å². The van der Waals surface area contributed by atoms with E-state index in [0.717, 1.165) is 29.7 Å². The van der Waals surface area contributed by atoms with Crippen molar-refractivity contribution in [1.82, 2.24) is 5.32 Å². The highest BCUT2D eigenvalue weighted by Gasteiger charge is 2.31. The summed E-state index contributed by atoms with van der Waals surface area (Å²) < 4.78 is 0. The van der Waals surface area contributed by atoms with Crippen LogP contribution < -0.4 is 10.2 Å². The third-order valence-electron chi connectivity index (χ3n) is 6.00. The van der Waals surface area contributed by atoms with Crippen molar-refractivity contribution in [3.05, 3.63) is 101 Å². The van der Waals surface area contributed by atoms with Crippen molar-refractivity contribution in [2.24, 2.45) is 0 Å². The molecule has 1 aliphatic rings. The molecule has 1 heterocycles. The van der Waals surface area contributed by atoms with E-state index in [2.05, 4.69) is 18.3 Å². The lowest BCUT2D eigenvalue weighted by Gasteiger charge is -2.23. The van der Waals surface area contributed by atoms with Crippen molar-refractivity contribution in [2.45, 2.75) is 45.2 Å². The van der Waals surface area contributed by atoms with Crippen LogP contribution in [0.4, 0.5) is 5.69 Å². The van der Waals surface area contributed by atoms with Gasteiger partial charge in [0.2, 0.25) is 5.91 Å². The number of amides is 2.